The van der Waals surface area contributed by atoms with Gasteiger partial charge in [-0.25, -0.2) is 4.79 Å². The lowest BCUT2D eigenvalue weighted by atomic mass is 10.0. The predicted molar refractivity (Wildman–Crippen MR) is 52.9 cm³/mol. The zero-order chi connectivity index (χ0) is 12.7. The van der Waals surface area contributed by atoms with Crippen molar-refractivity contribution in [2.24, 2.45) is 0 Å². The molecule has 16 heavy (non-hydrogen) atoms. The van der Waals surface area contributed by atoms with Crippen molar-refractivity contribution in [3.05, 3.63) is 0 Å². The summed E-state index contributed by atoms with van der Waals surface area (Å²) in [4.78, 5) is 10.6. The van der Waals surface area contributed by atoms with Gasteiger partial charge < -0.3 is 29.9 Å². The van der Waals surface area contributed by atoms with Crippen LogP contribution in [-0.4, -0.2) is 71.1 Å². The van der Waals surface area contributed by atoms with Crippen LogP contribution in [0.15, 0.2) is 0 Å². The number of carbonyl (C=O) groups is 1. The minimum absolute atomic E-state index is 0.190. The van der Waals surface area contributed by atoms with Crippen molar-refractivity contribution in [3.8, 4) is 0 Å². The Labute approximate surface area is 93.2 Å². The lowest BCUT2D eigenvalue weighted by Crippen LogP contribution is -2.49. The highest BCUT2D eigenvalue weighted by molar-refractivity contribution is 5.73. The smallest absolute Gasteiger partial charge is 0.335 e. The molecule has 0 fully saturated rings. The second kappa shape index (κ2) is 7.53. The molecule has 0 saturated carbocycles. The first-order valence-corrected chi connectivity index (χ1v) is 4.83. The first-order valence-electron chi connectivity index (χ1n) is 4.83. The minimum Gasteiger partial charge on any atom is -0.479 e. The van der Waals surface area contributed by atoms with Gasteiger partial charge >= 0.3 is 5.97 Å². The van der Waals surface area contributed by atoms with E-state index < -0.39 is 30.4 Å². The molecule has 0 aliphatic rings. The van der Waals surface area contributed by atoms with Gasteiger partial charge in [-0.05, 0) is 6.92 Å². The maximum absolute atomic E-state index is 10.6. The van der Waals surface area contributed by atoms with Crippen LogP contribution < -0.4 is 0 Å². The van der Waals surface area contributed by atoms with Gasteiger partial charge in [0.25, 0.3) is 0 Å². The zero-order valence-corrected chi connectivity index (χ0v) is 9.24. The van der Waals surface area contributed by atoms with E-state index in [1.165, 1.54) is 0 Å². The zero-order valence-electron chi connectivity index (χ0n) is 9.24. The maximum Gasteiger partial charge on any atom is 0.335 e. The number of carboxylic acids is 1. The highest BCUT2D eigenvalue weighted by atomic mass is 16.5. The summed E-state index contributed by atoms with van der Waals surface area (Å²) in [5.41, 5.74) is 0. The summed E-state index contributed by atoms with van der Waals surface area (Å²) in [6.07, 6.45) is -6.33. The molecule has 0 heterocycles. The Hall–Kier alpha value is -0.730. The summed E-state index contributed by atoms with van der Waals surface area (Å²) in [5, 5.41) is 36.9. The summed E-state index contributed by atoms with van der Waals surface area (Å²) >= 11 is 0. The highest BCUT2D eigenvalue weighted by Crippen LogP contribution is 2.08. The van der Waals surface area contributed by atoms with Crippen LogP contribution in [0.3, 0.4) is 0 Å². The topological polar surface area (TPSA) is 116 Å². The fraction of sp³-hybridized carbons (Fsp3) is 0.889. The first kappa shape index (κ1) is 15.3. The number of aliphatic carboxylic acids is 1. The number of aliphatic hydroxyl groups is 3. The lowest BCUT2D eigenvalue weighted by molar-refractivity contribution is -0.169. The fourth-order valence-corrected chi connectivity index (χ4v) is 1.13. The van der Waals surface area contributed by atoms with E-state index in [4.69, 9.17) is 9.84 Å². The van der Waals surface area contributed by atoms with Gasteiger partial charge in [0.15, 0.2) is 6.10 Å². The molecule has 0 rings (SSSR count). The van der Waals surface area contributed by atoms with Crippen LogP contribution in [0.1, 0.15) is 6.92 Å². The van der Waals surface area contributed by atoms with Gasteiger partial charge in [-0.3, -0.25) is 0 Å². The Bertz CT molecular complexity index is 208. The molecule has 0 amide bonds. The average molecular weight is 238 g/mol. The molecule has 4 atom stereocenters. The SMILES string of the molecule is CCOCC(O)C(O)C(O)C(OC)C(=O)O. The summed E-state index contributed by atoms with van der Waals surface area (Å²) in [6.45, 7) is 1.85. The molecule has 7 nitrogen and oxygen atoms in total. The third-order valence-electron chi connectivity index (χ3n) is 2.04. The van der Waals surface area contributed by atoms with Crippen LogP contribution >= 0.6 is 0 Å². The number of carboxylic acid groups (broad SMARTS) is 1. The van der Waals surface area contributed by atoms with Gasteiger partial charge in [-0.15, -0.1) is 0 Å². The van der Waals surface area contributed by atoms with Crippen molar-refractivity contribution in [1.82, 2.24) is 0 Å². The van der Waals surface area contributed by atoms with E-state index in [9.17, 15) is 20.1 Å². The molecule has 4 unspecified atom stereocenters. The maximum atomic E-state index is 10.6. The van der Waals surface area contributed by atoms with Crippen molar-refractivity contribution >= 4 is 5.97 Å². The highest BCUT2D eigenvalue weighted by Gasteiger charge is 2.35. The molecule has 96 valence electrons. The Morgan fingerprint density at radius 1 is 1.25 bits per heavy atom. The van der Waals surface area contributed by atoms with Crippen molar-refractivity contribution < 1.29 is 34.7 Å². The van der Waals surface area contributed by atoms with E-state index >= 15 is 0 Å². The van der Waals surface area contributed by atoms with Gasteiger partial charge in [-0.1, -0.05) is 0 Å². The van der Waals surface area contributed by atoms with Crippen LogP contribution in [0, 0.1) is 0 Å². The Morgan fingerprint density at radius 2 is 1.81 bits per heavy atom. The third-order valence-corrected chi connectivity index (χ3v) is 2.04. The summed E-state index contributed by atoms with van der Waals surface area (Å²) in [7, 11) is 1.09. The van der Waals surface area contributed by atoms with Crippen molar-refractivity contribution in [3.63, 3.8) is 0 Å². The van der Waals surface area contributed by atoms with Crippen molar-refractivity contribution in [2.75, 3.05) is 20.3 Å². The Morgan fingerprint density at radius 3 is 2.19 bits per heavy atom. The number of ether oxygens (including phenoxy) is 2. The van der Waals surface area contributed by atoms with Gasteiger partial charge in [0, 0.05) is 13.7 Å². The standard InChI is InChI=1S/C9H18O7/c1-3-16-4-5(10)6(11)7(12)8(15-2)9(13)14/h5-8,10-12H,3-4H2,1-2H3,(H,13,14). The molecule has 0 aromatic rings. The molecule has 0 aromatic carbocycles. The van der Waals surface area contributed by atoms with Crippen LogP contribution in [0.2, 0.25) is 0 Å². The molecule has 0 aliphatic carbocycles. The van der Waals surface area contributed by atoms with Gasteiger partial charge in [0.2, 0.25) is 0 Å². The molecule has 0 saturated heterocycles. The quantitative estimate of drug-likeness (QED) is 0.394. The summed E-state index contributed by atoms with van der Waals surface area (Å²) in [6, 6.07) is 0. The minimum atomic E-state index is -1.72. The Kier molecular flexibility index (Phi) is 7.18. The molecule has 0 aliphatic heterocycles. The predicted octanol–water partition coefficient (Wildman–Crippen LogP) is -1.79. The largest absolute Gasteiger partial charge is 0.479 e. The molecule has 0 aromatic heterocycles. The molecular formula is C9H18O7. The summed E-state index contributed by atoms with van der Waals surface area (Å²) in [5.74, 6) is -1.42. The molecule has 7 heteroatoms. The molecule has 4 N–H and O–H groups in total. The number of hydrogen-bond donors (Lipinski definition) is 4. The third kappa shape index (κ3) is 4.42. The average Bonchev–Trinajstić information content (AvgIpc) is 2.24. The first-order chi connectivity index (χ1) is 7.45. The second-order valence-electron chi connectivity index (χ2n) is 3.20. The van der Waals surface area contributed by atoms with E-state index in [-0.39, 0.29) is 6.61 Å². The van der Waals surface area contributed by atoms with Crippen molar-refractivity contribution in [2.45, 2.75) is 31.3 Å². The molecule has 0 radical (unpaired) electrons. The van der Waals surface area contributed by atoms with Crippen molar-refractivity contribution in [1.29, 1.82) is 0 Å². The number of methoxy groups -OCH3 is 1. The van der Waals surface area contributed by atoms with E-state index in [1.54, 1.807) is 6.92 Å². The van der Waals surface area contributed by atoms with Gasteiger partial charge in [0.05, 0.1) is 6.61 Å². The monoisotopic (exact) mass is 238 g/mol. The Balaban J connectivity index is 4.33. The van der Waals surface area contributed by atoms with E-state index in [0.717, 1.165) is 7.11 Å². The molecule has 0 spiro atoms. The number of aliphatic hydroxyl groups excluding tert-OH is 3. The van der Waals surface area contributed by atoms with Crippen LogP contribution in [0.4, 0.5) is 0 Å². The number of rotatable bonds is 8. The molecular weight excluding hydrogens is 220 g/mol. The van der Waals surface area contributed by atoms with Crippen LogP contribution in [-0.2, 0) is 14.3 Å². The van der Waals surface area contributed by atoms with Gasteiger partial charge in [0.1, 0.15) is 18.3 Å². The van der Waals surface area contributed by atoms with Crippen LogP contribution in [0.25, 0.3) is 0 Å². The fourth-order valence-electron chi connectivity index (χ4n) is 1.13. The van der Waals surface area contributed by atoms with E-state index in [2.05, 4.69) is 4.74 Å². The normalized spacial score (nSPS) is 18.8. The summed E-state index contributed by atoms with van der Waals surface area (Å²) < 4.78 is 9.32. The molecule has 0 bridgehead atoms. The lowest BCUT2D eigenvalue weighted by Gasteiger charge is -2.26. The number of hydrogen-bond acceptors (Lipinski definition) is 6. The van der Waals surface area contributed by atoms with E-state index in [0.29, 0.717) is 6.61 Å². The second-order valence-corrected chi connectivity index (χ2v) is 3.20. The van der Waals surface area contributed by atoms with Crippen LogP contribution in [0.5, 0.6) is 0 Å². The van der Waals surface area contributed by atoms with E-state index in [1.807, 2.05) is 0 Å². The van der Waals surface area contributed by atoms with Gasteiger partial charge in [-0.2, -0.15) is 0 Å².